The smallest absolute Gasteiger partial charge is 0.245 e. The van der Waals surface area contributed by atoms with E-state index in [1.807, 2.05) is 24.3 Å². The van der Waals surface area contributed by atoms with Crippen molar-refractivity contribution < 1.29 is 43.8 Å². The average molecular weight is 970 g/mol. The molecular weight excluding hydrogens is 903 g/mol. The van der Waals surface area contributed by atoms with Crippen molar-refractivity contribution in [3.05, 3.63) is 102 Å². The minimum absolute atomic E-state index is 0.0204. The first-order valence-corrected chi connectivity index (χ1v) is 24.2. The number of rotatable bonds is 19. The maximum Gasteiger partial charge on any atom is 0.245 e. The topological polar surface area (TPSA) is 277 Å². The fraction of sp³-hybridized carbons (Fsp3) is 0.460. The van der Waals surface area contributed by atoms with Crippen LogP contribution in [-0.2, 0) is 52.8 Å². The number of hydrogen-bond donors (Lipinski definition) is 11. The van der Waals surface area contributed by atoms with Crippen molar-refractivity contribution in [1.29, 1.82) is 0 Å². The van der Waals surface area contributed by atoms with E-state index >= 15 is 0 Å². The summed E-state index contributed by atoms with van der Waals surface area (Å²) in [6, 6.07) is 14.3. The van der Waals surface area contributed by atoms with Gasteiger partial charge < -0.3 is 57.7 Å². The first-order chi connectivity index (χ1) is 33.2. The first-order valence-electron chi connectivity index (χ1n) is 23.6. The molecule has 1 saturated heterocycles. The Morgan fingerprint density at radius 2 is 1.29 bits per heavy atom. The van der Waals surface area contributed by atoms with Crippen LogP contribution < -0.4 is 37.6 Å². The van der Waals surface area contributed by atoms with Crippen LogP contribution in [0.15, 0.2) is 85.1 Å². The van der Waals surface area contributed by atoms with Gasteiger partial charge in [0.1, 0.15) is 42.0 Å². The van der Waals surface area contributed by atoms with Gasteiger partial charge in [-0.05, 0) is 86.2 Å². The van der Waals surface area contributed by atoms with Gasteiger partial charge >= 0.3 is 0 Å². The summed E-state index contributed by atoms with van der Waals surface area (Å²) in [6.45, 7) is 2.01. The number of fused-ring (bicyclic) bond motifs is 1. The van der Waals surface area contributed by atoms with Gasteiger partial charge in [-0.1, -0.05) is 73.5 Å². The van der Waals surface area contributed by atoms with E-state index in [1.165, 1.54) is 31.0 Å². The van der Waals surface area contributed by atoms with Crippen LogP contribution in [0.2, 0.25) is 0 Å². The molecule has 1 fully saturated rings. The fourth-order valence-electron chi connectivity index (χ4n) is 8.31. The first kappa shape index (κ1) is 53.5. The van der Waals surface area contributed by atoms with E-state index in [1.54, 1.807) is 48.7 Å². The molecule has 2 heterocycles. The van der Waals surface area contributed by atoms with Crippen LogP contribution in [0.3, 0.4) is 0 Å². The van der Waals surface area contributed by atoms with Crippen LogP contribution in [0.5, 0.6) is 5.75 Å². The molecule has 4 aromatic rings. The lowest BCUT2D eigenvalue weighted by atomic mass is 9.99. The van der Waals surface area contributed by atoms with E-state index < -0.39 is 77.8 Å². The number of aromatic nitrogens is 1. The number of phenolic OH excluding ortho intramolecular Hbond substituents is 1. The number of carbonyl (C=O) groups excluding carboxylic acids is 7. The summed E-state index contributed by atoms with van der Waals surface area (Å²) in [5.74, 6) is -4.35. The third-order valence-electron chi connectivity index (χ3n) is 12.2. The van der Waals surface area contributed by atoms with Crippen LogP contribution in [0.25, 0.3) is 10.9 Å². The second-order valence-corrected chi connectivity index (χ2v) is 18.0. The number of likely N-dealkylation sites (N-methyl/N-ethyl adjacent to an activating group) is 1. The molecule has 0 unspecified atom stereocenters. The number of amides is 7. The third-order valence-corrected chi connectivity index (χ3v) is 12.4. The largest absolute Gasteiger partial charge is 0.508 e. The van der Waals surface area contributed by atoms with Crippen LogP contribution in [-0.4, -0.2) is 130 Å². The highest BCUT2D eigenvalue weighted by Gasteiger charge is 2.38. The van der Waals surface area contributed by atoms with Crippen molar-refractivity contribution in [3.8, 4) is 5.75 Å². The second kappa shape index (κ2) is 26.9. The van der Waals surface area contributed by atoms with Crippen molar-refractivity contribution in [3.63, 3.8) is 0 Å². The predicted octanol–water partition coefficient (Wildman–Crippen LogP) is 1.67. The van der Waals surface area contributed by atoms with Gasteiger partial charge in [-0.15, -0.1) is 0 Å². The molecule has 5 rings (SSSR count). The van der Waals surface area contributed by atoms with Gasteiger partial charge in [0.25, 0.3) is 0 Å². The highest BCUT2D eigenvalue weighted by Crippen LogP contribution is 2.21. The number of phenols is 1. The maximum absolute atomic E-state index is 14.8. The Balaban J connectivity index is 1.60. The molecule has 1 aromatic heterocycles. The van der Waals surface area contributed by atoms with Crippen LogP contribution in [0.4, 0.5) is 0 Å². The van der Waals surface area contributed by atoms with Gasteiger partial charge in [-0.25, -0.2) is 0 Å². The Hall–Kier alpha value is -6.44. The van der Waals surface area contributed by atoms with Gasteiger partial charge in [0.05, 0.1) is 6.10 Å². The number of carbonyl (C=O) groups is 7. The number of H-pyrrole nitrogens is 1. The highest BCUT2D eigenvalue weighted by molar-refractivity contribution is 7.80. The summed E-state index contributed by atoms with van der Waals surface area (Å²) in [7, 11) is 1.42. The highest BCUT2D eigenvalue weighted by atomic mass is 32.1. The molecule has 0 saturated carbocycles. The van der Waals surface area contributed by atoms with Crippen molar-refractivity contribution in [2.24, 2.45) is 5.73 Å². The van der Waals surface area contributed by atoms with Crippen molar-refractivity contribution in [2.75, 3.05) is 25.9 Å². The van der Waals surface area contributed by atoms with Crippen LogP contribution in [0.1, 0.15) is 75.0 Å². The summed E-state index contributed by atoms with van der Waals surface area (Å²) in [5.41, 5.74) is 8.43. The number of nitrogens with two attached hydrogens (primary N) is 1. The predicted molar refractivity (Wildman–Crippen MR) is 265 cm³/mol. The molecule has 69 heavy (non-hydrogen) atoms. The Labute approximate surface area is 408 Å². The second-order valence-electron chi connectivity index (χ2n) is 17.5. The number of aromatic hydroxyl groups is 1. The van der Waals surface area contributed by atoms with Gasteiger partial charge in [0, 0.05) is 56.4 Å². The number of benzene rings is 3. The van der Waals surface area contributed by atoms with Crippen LogP contribution in [0, 0.1) is 0 Å². The van der Waals surface area contributed by atoms with Crippen molar-refractivity contribution in [2.45, 2.75) is 120 Å². The molecule has 19 heteroatoms. The van der Waals surface area contributed by atoms with Crippen LogP contribution >= 0.6 is 12.6 Å². The molecule has 11 N–H and O–H groups in total. The van der Waals surface area contributed by atoms with E-state index in [0.29, 0.717) is 61.1 Å². The molecule has 0 aliphatic carbocycles. The molecule has 0 spiro atoms. The standard InChI is InChI=1S/C50H67N9O9S/c1-31(60)44-49(67)57-41(28-32-13-5-3-6-14-32)50(68)59(2)42(18-10-12-25-52-43(62)23-26-69)48(66)56-39(27-33-19-21-35(61)22-20-33)46(64)55-40(29-34-30-53-37-16-9-8-15-36(34)37)47(65)54-38(45(63)58-44)17-7-4-11-24-51/h3,5-6,8-9,13-16,19-22,30-31,38-42,44,53,60-61,69H,4,7,10-12,17-18,23-29,51H2,1-2H3,(H,52,62)(H,54,65)(H,55,64)(H,56,66)(H,57,67)(H,58,63)/t31-,38+,39+,40-,41+,42+,44+/m1/s1. The molecule has 1 aliphatic rings. The molecule has 18 nitrogen and oxygen atoms in total. The molecule has 3 aromatic carbocycles. The lowest BCUT2D eigenvalue weighted by molar-refractivity contribution is -0.144. The molecular formula is C50H67N9O9S. The molecule has 7 amide bonds. The third kappa shape index (κ3) is 16.1. The summed E-state index contributed by atoms with van der Waals surface area (Å²) in [6.07, 6.45) is 2.98. The van der Waals surface area contributed by atoms with E-state index in [0.717, 1.165) is 10.9 Å². The number of aliphatic hydroxyl groups excluding tert-OH is 1. The Bertz CT molecular complexity index is 2350. The summed E-state index contributed by atoms with van der Waals surface area (Å²) < 4.78 is 0. The van der Waals surface area contributed by atoms with Gasteiger partial charge in [0.15, 0.2) is 0 Å². The Morgan fingerprint density at radius 3 is 1.99 bits per heavy atom. The average Bonchev–Trinajstić information content (AvgIpc) is 3.74. The van der Waals surface area contributed by atoms with Gasteiger partial charge in [-0.2, -0.15) is 12.6 Å². The lowest BCUT2D eigenvalue weighted by Crippen LogP contribution is -2.63. The Kier molecular flexibility index (Phi) is 20.9. The maximum atomic E-state index is 14.8. The minimum atomic E-state index is -1.59. The lowest BCUT2D eigenvalue weighted by Gasteiger charge is -2.33. The molecule has 0 bridgehead atoms. The zero-order chi connectivity index (χ0) is 49.9. The minimum Gasteiger partial charge on any atom is -0.508 e. The Morgan fingerprint density at radius 1 is 0.696 bits per heavy atom. The van der Waals surface area contributed by atoms with Crippen molar-refractivity contribution in [1.82, 2.24) is 41.8 Å². The van der Waals surface area contributed by atoms with E-state index in [4.69, 9.17) is 5.73 Å². The zero-order valence-corrected chi connectivity index (χ0v) is 40.1. The van der Waals surface area contributed by atoms with Gasteiger partial charge in [-0.3, -0.25) is 33.6 Å². The molecule has 0 radical (unpaired) electrons. The molecule has 372 valence electrons. The van der Waals surface area contributed by atoms with E-state index in [2.05, 4.69) is 49.5 Å². The summed E-state index contributed by atoms with van der Waals surface area (Å²) >= 11 is 4.12. The van der Waals surface area contributed by atoms with E-state index in [9.17, 15) is 43.8 Å². The number of hydrogen-bond acceptors (Lipinski definition) is 11. The SMILES string of the molecule is C[C@@H](O)[C@@H]1NC(=O)[C@H](CCCCCN)NC(=O)[C@@H](Cc2c[nH]c3ccccc23)NC(=O)[C@H](Cc2ccc(O)cc2)NC(=O)[C@H](CCCCNC(=O)CCS)N(C)C(=O)[C@H](Cc2ccccc2)NC1=O. The van der Waals surface area contributed by atoms with Crippen molar-refractivity contribution >= 4 is 64.9 Å². The number of thiol groups is 1. The molecule has 1 aliphatic heterocycles. The number of aromatic amines is 1. The summed E-state index contributed by atoms with van der Waals surface area (Å²) in [4.78, 5) is 104. The normalized spacial score (nSPS) is 21.6. The zero-order valence-electron chi connectivity index (χ0n) is 39.2. The number of unbranched alkanes of at least 4 members (excludes halogenated alkanes) is 3. The van der Waals surface area contributed by atoms with Gasteiger partial charge in [0.2, 0.25) is 41.4 Å². The number of aliphatic hydroxyl groups is 1. The number of nitrogens with zero attached hydrogens (tertiary/aromatic N) is 1. The number of nitrogens with one attached hydrogen (secondary N) is 7. The number of para-hydroxylation sites is 1. The molecule has 7 atom stereocenters. The summed E-state index contributed by atoms with van der Waals surface area (Å²) in [5, 5.41) is 38.6. The fourth-order valence-corrected chi connectivity index (χ4v) is 8.51. The monoisotopic (exact) mass is 969 g/mol. The van der Waals surface area contributed by atoms with E-state index in [-0.39, 0.29) is 56.7 Å². The quantitative estimate of drug-likeness (QED) is 0.0478.